The largest absolute Gasteiger partial charge is 0.497 e. The molecule has 3 aromatic rings. The third kappa shape index (κ3) is 5.21. The lowest BCUT2D eigenvalue weighted by molar-refractivity contribution is 0.0955. The summed E-state index contributed by atoms with van der Waals surface area (Å²) in [5.74, 6) is -0.523. The number of benzene rings is 3. The van der Waals surface area contributed by atoms with E-state index in [1.165, 1.54) is 55.8 Å². The molecular formula is C21H18FN3O4S. The molecule has 0 bridgehead atoms. The number of carbonyl (C=O) groups excluding carboxylic acids is 1. The zero-order chi connectivity index (χ0) is 21.6. The molecule has 3 aromatic carbocycles. The normalized spacial score (nSPS) is 11.3. The molecular weight excluding hydrogens is 409 g/mol. The fraction of sp³-hybridized carbons (Fsp3) is 0.0476. The molecule has 0 aliphatic heterocycles. The van der Waals surface area contributed by atoms with Crippen LogP contribution in [0.4, 0.5) is 10.1 Å². The number of hydrogen-bond donors (Lipinski definition) is 2. The van der Waals surface area contributed by atoms with Crippen molar-refractivity contribution in [1.82, 2.24) is 5.43 Å². The standard InChI is InChI=1S/C21H18FN3O4S/c1-29-18-11-9-17(10-12-18)25-30(27,28)19-7-4-6-15(13-19)21(26)24-23-14-16-5-2-3-8-20(16)22/h2-14,25H,1H3,(H,24,26)/b23-14+. The van der Waals surface area contributed by atoms with Crippen LogP contribution in [0, 0.1) is 5.82 Å². The number of sulfonamides is 1. The van der Waals surface area contributed by atoms with E-state index in [1.54, 1.807) is 30.3 Å². The fourth-order valence-corrected chi connectivity index (χ4v) is 3.59. The van der Waals surface area contributed by atoms with E-state index in [-0.39, 0.29) is 16.0 Å². The zero-order valence-corrected chi connectivity index (χ0v) is 16.7. The van der Waals surface area contributed by atoms with Crippen molar-refractivity contribution in [2.45, 2.75) is 4.90 Å². The first-order chi connectivity index (χ1) is 14.4. The van der Waals surface area contributed by atoms with Gasteiger partial charge in [-0.25, -0.2) is 18.2 Å². The maximum atomic E-state index is 13.6. The Kier molecular flexibility index (Phi) is 6.43. The van der Waals surface area contributed by atoms with E-state index in [1.807, 2.05) is 0 Å². The molecule has 0 unspecified atom stereocenters. The topological polar surface area (TPSA) is 96.9 Å². The predicted molar refractivity (Wildman–Crippen MR) is 112 cm³/mol. The molecule has 0 radical (unpaired) electrons. The number of amides is 1. The highest BCUT2D eigenvalue weighted by Gasteiger charge is 2.16. The number of halogens is 1. The van der Waals surface area contributed by atoms with Gasteiger partial charge in [0.1, 0.15) is 11.6 Å². The maximum Gasteiger partial charge on any atom is 0.271 e. The van der Waals surface area contributed by atoms with Crippen LogP contribution in [0.15, 0.2) is 82.8 Å². The molecule has 0 aliphatic carbocycles. The molecule has 0 atom stereocenters. The van der Waals surface area contributed by atoms with Gasteiger partial charge in [-0.15, -0.1) is 0 Å². The molecule has 0 saturated heterocycles. The first kappa shape index (κ1) is 21.0. The molecule has 2 N–H and O–H groups in total. The molecule has 154 valence electrons. The van der Waals surface area contributed by atoms with Gasteiger partial charge >= 0.3 is 0 Å². The van der Waals surface area contributed by atoms with E-state index in [4.69, 9.17) is 4.74 Å². The highest BCUT2D eigenvalue weighted by molar-refractivity contribution is 7.92. The average molecular weight is 427 g/mol. The van der Waals surface area contributed by atoms with Gasteiger partial charge in [0, 0.05) is 16.8 Å². The van der Waals surface area contributed by atoms with Crippen molar-refractivity contribution < 1.29 is 22.3 Å². The van der Waals surface area contributed by atoms with Crippen molar-refractivity contribution in [1.29, 1.82) is 0 Å². The second kappa shape index (κ2) is 9.19. The number of nitrogens with zero attached hydrogens (tertiary/aromatic N) is 1. The van der Waals surface area contributed by atoms with Crippen molar-refractivity contribution in [2.75, 3.05) is 11.8 Å². The SMILES string of the molecule is COc1ccc(NS(=O)(=O)c2cccc(C(=O)N/N=C/c3ccccc3F)c2)cc1. The van der Waals surface area contributed by atoms with Crippen LogP contribution in [0.5, 0.6) is 5.75 Å². The third-order valence-electron chi connectivity index (χ3n) is 4.02. The monoisotopic (exact) mass is 427 g/mol. The van der Waals surface area contributed by atoms with Gasteiger partial charge in [0.15, 0.2) is 0 Å². The van der Waals surface area contributed by atoms with E-state index >= 15 is 0 Å². The van der Waals surface area contributed by atoms with Gasteiger partial charge < -0.3 is 4.74 Å². The van der Waals surface area contributed by atoms with Gasteiger partial charge in [0.25, 0.3) is 15.9 Å². The van der Waals surface area contributed by atoms with Crippen LogP contribution in [0.25, 0.3) is 0 Å². The lowest BCUT2D eigenvalue weighted by Gasteiger charge is -2.09. The first-order valence-corrected chi connectivity index (χ1v) is 10.2. The lowest BCUT2D eigenvalue weighted by atomic mass is 10.2. The molecule has 0 aromatic heterocycles. The number of carbonyl (C=O) groups is 1. The average Bonchev–Trinajstić information content (AvgIpc) is 2.75. The minimum absolute atomic E-state index is 0.0817. The summed E-state index contributed by atoms with van der Waals surface area (Å²) < 4.78 is 46.3. The van der Waals surface area contributed by atoms with Crippen LogP contribution >= 0.6 is 0 Å². The number of hydrogen-bond acceptors (Lipinski definition) is 5. The molecule has 9 heteroatoms. The van der Waals surface area contributed by atoms with Gasteiger partial charge in [-0.05, 0) is 48.5 Å². The number of ether oxygens (including phenoxy) is 1. The molecule has 30 heavy (non-hydrogen) atoms. The van der Waals surface area contributed by atoms with Gasteiger partial charge in [-0.3, -0.25) is 9.52 Å². The highest BCUT2D eigenvalue weighted by Crippen LogP contribution is 2.20. The summed E-state index contributed by atoms with van der Waals surface area (Å²) in [5.41, 5.74) is 2.89. The molecule has 1 amide bonds. The number of anilines is 1. The molecule has 0 heterocycles. The Morgan fingerprint density at radius 3 is 2.47 bits per heavy atom. The Morgan fingerprint density at radius 2 is 1.77 bits per heavy atom. The summed E-state index contributed by atoms with van der Waals surface area (Å²) in [6.07, 6.45) is 1.17. The second-order valence-electron chi connectivity index (χ2n) is 6.08. The van der Waals surface area contributed by atoms with Crippen molar-refractivity contribution in [2.24, 2.45) is 5.10 Å². The number of nitrogens with one attached hydrogen (secondary N) is 2. The van der Waals surface area contributed by atoms with Crippen molar-refractivity contribution in [3.63, 3.8) is 0 Å². The number of rotatable bonds is 7. The van der Waals surface area contributed by atoms with Crippen LogP contribution in [0.1, 0.15) is 15.9 Å². The molecule has 0 fully saturated rings. The summed E-state index contributed by atoms with van der Waals surface area (Å²) in [7, 11) is -2.41. The van der Waals surface area contributed by atoms with Gasteiger partial charge in [-0.2, -0.15) is 5.10 Å². The minimum atomic E-state index is -3.92. The lowest BCUT2D eigenvalue weighted by Crippen LogP contribution is -2.19. The van der Waals surface area contributed by atoms with Crippen LogP contribution in [-0.2, 0) is 10.0 Å². The van der Waals surface area contributed by atoms with Gasteiger partial charge in [0.2, 0.25) is 0 Å². The Balaban J connectivity index is 1.72. The van der Waals surface area contributed by atoms with Crippen LogP contribution < -0.4 is 14.9 Å². The fourth-order valence-electron chi connectivity index (χ4n) is 2.48. The summed E-state index contributed by atoms with van der Waals surface area (Å²) in [4.78, 5) is 12.2. The zero-order valence-electron chi connectivity index (χ0n) is 15.9. The quantitative estimate of drug-likeness (QED) is 0.446. The molecule has 3 rings (SSSR count). The summed E-state index contributed by atoms with van der Waals surface area (Å²) in [6, 6.07) is 17.8. The Hall–Kier alpha value is -3.72. The van der Waals surface area contributed by atoms with E-state index in [0.717, 1.165) is 0 Å². The van der Waals surface area contributed by atoms with Crippen molar-refractivity contribution >= 4 is 27.8 Å². The summed E-state index contributed by atoms with van der Waals surface area (Å²) >= 11 is 0. The van der Waals surface area contributed by atoms with E-state index < -0.39 is 21.7 Å². The van der Waals surface area contributed by atoms with Crippen LogP contribution in [-0.4, -0.2) is 27.6 Å². The first-order valence-electron chi connectivity index (χ1n) is 8.74. The number of methoxy groups -OCH3 is 1. The summed E-state index contributed by atoms with van der Waals surface area (Å²) in [6.45, 7) is 0. The smallest absolute Gasteiger partial charge is 0.271 e. The van der Waals surface area contributed by atoms with Gasteiger partial charge in [0.05, 0.1) is 18.2 Å². The second-order valence-corrected chi connectivity index (χ2v) is 7.76. The van der Waals surface area contributed by atoms with Gasteiger partial charge in [-0.1, -0.05) is 24.3 Å². The number of hydrazone groups is 1. The molecule has 0 aliphatic rings. The Bertz CT molecular complexity index is 1180. The van der Waals surface area contributed by atoms with Crippen molar-refractivity contribution in [3.8, 4) is 5.75 Å². The minimum Gasteiger partial charge on any atom is -0.497 e. The highest BCUT2D eigenvalue weighted by atomic mass is 32.2. The van der Waals surface area contributed by atoms with Crippen molar-refractivity contribution in [3.05, 3.63) is 89.7 Å². The van der Waals surface area contributed by atoms with Crippen LogP contribution in [0.2, 0.25) is 0 Å². The Labute approximate surface area is 173 Å². The molecule has 7 nitrogen and oxygen atoms in total. The van der Waals surface area contributed by atoms with Crippen LogP contribution in [0.3, 0.4) is 0 Å². The third-order valence-corrected chi connectivity index (χ3v) is 5.40. The maximum absolute atomic E-state index is 13.6. The molecule has 0 spiro atoms. The predicted octanol–water partition coefficient (Wildman–Crippen LogP) is 3.40. The summed E-state index contributed by atoms with van der Waals surface area (Å²) in [5, 5.41) is 3.71. The Morgan fingerprint density at radius 1 is 1.03 bits per heavy atom. The van der Waals surface area contributed by atoms with E-state index in [0.29, 0.717) is 11.4 Å². The van der Waals surface area contributed by atoms with E-state index in [2.05, 4.69) is 15.2 Å². The van der Waals surface area contributed by atoms with E-state index in [9.17, 15) is 17.6 Å². The molecule has 0 saturated carbocycles.